The second kappa shape index (κ2) is 5.46. The number of amides is 1. The molecule has 2 rings (SSSR count). The molecule has 0 aromatic heterocycles. The van der Waals surface area contributed by atoms with Gasteiger partial charge in [0.2, 0.25) is 5.91 Å². The molecule has 4 nitrogen and oxygen atoms in total. The van der Waals surface area contributed by atoms with Crippen LogP contribution in [-0.2, 0) is 16.0 Å². The molecule has 88 valence electrons. The van der Waals surface area contributed by atoms with Crippen molar-refractivity contribution >= 4 is 5.91 Å². The molecule has 1 aliphatic rings. The number of nitrogens with zero attached hydrogens (tertiary/aromatic N) is 1. The number of carbonyl (C=O) groups is 1. The molecule has 17 heavy (non-hydrogen) atoms. The van der Waals surface area contributed by atoms with Crippen molar-refractivity contribution in [3.63, 3.8) is 0 Å². The average molecular weight is 230 g/mol. The third kappa shape index (κ3) is 2.83. The van der Waals surface area contributed by atoms with Crippen molar-refractivity contribution in [1.29, 1.82) is 5.26 Å². The van der Waals surface area contributed by atoms with Crippen LogP contribution in [-0.4, -0.2) is 19.1 Å². The van der Waals surface area contributed by atoms with Gasteiger partial charge in [-0.1, -0.05) is 24.3 Å². The van der Waals surface area contributed by atoms with Crippen LogP contribution in [0.5, 0.6) is 0 Å². The highest BCUT2D eigenvalue weighted by Gasteiger charge is 2.20. The van der Waals surface area contributed by atoms with Crippen LogP contribution in [0.4, 0.5) is 0 Å². The lowest BCUT2D eigenvalue weighted by Gasteiger charge is -2.26. The molecule has 1 heterocycles. The summed E-state index contributed by atoms with van der Waals surface area (Å²) in [6.07, 6.45) is 0.718. The van der Waals surface area contributed by atoms with Crippen molar-refractivity contribution < 1.29 is 9.53 Å². The molecule has 0 bridgehead atoms. The summed E-state index contributed by atoms with van der Waals surface area (Å²) in [7, 11) is 0. The molecule has 1 aliphatic heterocycles. The van der Waals surface area contributed by atoms with E-state index in [0.717, 1.165) is 12.0 Å². The molecule has 4 heteroatoms. The van der Waals surface area contributed by atoms with Gasteiger partial charge in [0.15, 0.2) is 0 Å². The molecule has 1 aromatic rings. The van der Waals surface area contributed by atoms with Crippen molar-refractivity contribution in [1.82, 2.24) is 5.32 Å². The molecule has 0 spiro atoms. The van der Waals surface area contributed by atoms with Crippen LogP contribution in [0.15, 0.2) is 24.3 Å². The lowest BCUT2D eigenvalue weighted by atomic mass is 9.97. The van der Waals surface area contributed by atoms with Gasteiger partial charge < -0.3 is 10.1 Å². The van der Waals surface area contributed by atoms with Crippen LogP contribution in [0.25, 0.3) is 0 Å². The van der Waals surface area contributed by atoms with Crippen molar-refractivity contribution in [3.05, 3.63) is 35.4 Å². The number of benzene rings is 1. The number of ether oxygens (including phenoxy) is 1. The molecule has 0 radical (unpaired) electrons. The maximum absolute atomic E-state index is 11.2. The van der Waals surface area contributed by atoms with Crippen molar-refractivity contribution in [2.24, 2.45) is 0 Å². The van der Waals surface area contributed by atoms with Gasteiger partial charge in [-0.05, 0) is 17.5 Å². The smallest absolute Gasteiger partial charge is 0.234 e. The van der Waals surface area contributed by atoms with Crippen LogP contribution in [0.3, 0.4) is 0 Å². The Labute approximate surface area is 100 Å². The normalized spacial score (nSPS) is 17.9. The minimum Gasteiger partial charge on any atom is -0.371 e. The predicted octanol–water partition coefficient (Wildman–Crippen LogP) is 1.33. The van der Waals surface area contributed by atoms with Gasteiger partial charge in [-0.3, -0.25) is 4.79 Å². The first-order valence-electron chi connectivity index (χ1n) is 5.64. The van der Waals surface area contributed by atoms with Gasteiger partial charge in [0.25, 0.3) is 0 Å². The molecule has 0 saturated carbocycles. The van der Waals surface area contributed by atoms with E-state index in [1.807, 2.05) is 24.3 Å². The Kier molecular flexibility index (Phi) is 3.73. The van der Waals surface area contributed by atoms with Crippen LogP contribution >= 0.6 is 0 Å². The Morgan fingerprint density at radius 2 is 2.35 bits per heavy atom. The molecule has 1 N–H and O–H groups in total. The minimum atomic E-state index is -0.251. The molecular formula is C13H14N2O2. The van der Waals surface area contributed by atoms with E-state index in [1.165, 1.54) is 5.56 Å². The van der Waals surface area contributed by atoms with E-state index in [9.17, 15) is 4.79 Å². The van der Waals surface area contributed by atoms with Gasteiger partial charge in [-0.25, -0.2) is 0 Å². The molecule has 0 aliphatic carbocycles. The molecular weight excluding hydrogens is 216 g/mol. The average Bonchev–Trinajstić information content (AvgIpc) is 2.36. The Bertz CT molecular complexity index is 451. The summed E-state index contributed by atoms with van der Waals surface area (Å²) in [5.74, 6) is -0.251. The fourth-order valence-electron chi connectivity index (χ4n) is 1.99. The van der Waals surface area contributed by atoms with Crippen molar-refractivity contribution in [3.8, 4) is 6.07 Å². The first-order chi connectivity index (χ1) is 8.31. The molecule has 0 unspecified atom stereocenters. The quantitative estimate of drug-likeness (QED) is 0.852. The molecule has 0 fully saturated rings. The maximum Gasteiger partial charge on any atom is 0.234 e. The zero-order chi connectivity index (χ0) is 12.1. The van der Waals surface area contributed by atoms with Crippen LogP contribution in [0.1, 0.15) is 23.7 Å². The van der Waals surface area contributed by atoms with Crippen molar-refractivity contribution in [2.75, 3.05) is 13.2 Å². The second-order valence-electron chi connectivity index (χ2n) is 3.95. The fourth-order valence-corrected chi connectivity index (χ4v) is 1.99. The lowest BCUT2D eigenvalue weighted by molar-refractivity contribution is -0.120. The third-order valence-corrected chi connectivity index (χ3v) is 2.82. The summed E-state index contributed by atoms with van der Waals surface area (Å²) in [5.41, 5.74) is 2.41. The molecule has 1 amide bonds. The second-order valence-corrected chi connectivity index (χ2v) is 3.95. The highest BCUT2D eigenvalue weighted by molar-refractivity contribution is 5.77. The lowest BCUT2D eigenvalue weighted by Crippen LogP contribution is -2.31. The number of carbonyl (C=O) groups excluding carboxylic acids is 1. The molecule has 1 atom stereocenters. The summed E-state index contributed by atoms with van der Waals surface area (Å²) in [6, 6.07) is 9.91. The Hall–Kier alpha value is -1.86. The van der Waals surface area contributed by atoms with E-state index in [2.05, 4.69) is 11.4 Å². The summed E-state index contributed by atoms with van der Waals surface area (Å²) in [5, 5.41) is 11.1. The fraction of sp³-hybridized carbons (Fsp3) is 0.385. The highest BCUT2D eigenvalue weighted by atomic mass is 16.5. The standard InChI is InChI=1S/C13H14N2O2/c14-7-5-13(16)15-9-12-11-4-2-1-3-10(11)6-8-17-12/h1-4,12H,5-6,8-9H2,(H,15,16)/t12-/m0/s1. The molecule has 1 aromatic carbocycles. The highest BCUT2D eigenvalue weighted by Crippen LogP contribution is 2.26. The number of nitriles is 1. The summed E-state index contributed by atoms with van der Waals surface area (Å²) >= 11 is 0. The zero-order valence-corrected chi connectivity index (χ0v) is 9.48. The predicted molar refractivity (Wildman–Crippen MR) is 62.1 cm³/mol. The Balaban J connectivity index is 1.99. The van der Waals surface area contributed by atoms with Gasteiger partial charge in [0.05, 0.1) is 12.7 Å². The summed E-state index contributed by atoms with van der Waals surface area (Å²) in [4.78, 5) is 11.2. The Morgan fingerprint density at radius 3 is 3.18 bits per heavy atom. The van der Waals surface area contributed by atoms with E-state index in [0.29, 0.717) is 13.2 Å². The van der Waals surface area contributed by atoms with E-state index >= 15 is 0 Å². The van der Waals surface area contributed by atoms with Gasteiger partial charge >= 0.3 is 0 Å². The minimum absolute atomic E-state index is 0.0948. The first kappa shape index (κ1) is 11.6. The van der Waals surface area contributed by atoms with Gasteiger partial charge in [-0.15, -0.1) is 0 Å². The maximum atomic E-state index is 11.2. The monoisotopic (exact) mass is 230 g/mol. The summed E-state index contributed by atoms with van der Waals surface area (Å²) < 4.78 is 5.64. The van der Waals surface area contributed by atoms with E-state index < -0.39 is 0 Å². The van der Waals surface area contributed by atoms with Gasteiger partial charge in [-0.2, -0.15) is 5.26 Å². The van der Waals surface area contributed by atoms with Crippen LogP contribution in [0.2, 0.25) is 0 Å². The van der Waals surface area contributed by atoms with E-state index in [1.54, 1.807) is 0 Å². The van der Waals surface area contributed by atoms with Gasteiger partial charge in [0.1, 0.15) is 12.5 Å². The zero-order valence-electron chi connectivity index (χ0n) is 9.48. The van der Waals surface area contributed by atoms with E-state index in [4.69, 9.17) is 10.00 Å². The number of hydrogen-bond acceptors (Lipinski definition) is 3. The first-order valence-corrected chi connectivity index (χ1v) is 5.64. The topological polar surface area (TPSA) is 62.1 Å². The summed E-state index contributed by atoms with van der Waals surface area (Å²) in [6.45, 7) is 1.10. The number of fused-ring (bicyclic) bond motifs is 1. The number of hydrogen-bond donors (Lipinski definition) is 1. The third-order valence-electron chi connectivity index (χ3n) is 2.82. The number of rotatable bonds is 3. The van der Waals surface area contributed by atoms with Gasteiger partial charge in [0, 0.05) is 6.54 Å². The largest absolute Gasteiger partial charge is 0.371 e. The SMILES string of the molecule is N#CCC(=O)NC[C@@H]1OCCc2ccccc21. The number of nitrogens with one attached hydrogen (secondary N) is 1. The van der Waals surface area contributed by atoms with Crippen molar-refractivity contribution in [2.45, 2.75) is 18.9 Å². The van der Waals surface area contributed by atoms with E-state index in [-0.39, 0.29) is 18.4 Å². The van der Waals surface area contributed by atoms with Crippen LogP contribution in [0, 0.1) is 11.3 Å². The molecule has 0 saturated heterocycles. The van der Waals surface area contributed by atoms with Crippen LogP contribution < -0.4 is 5.32 Å². The Morgan fingerprint density at radius 1 is 1.53 bits per heavy atom.